The van der Waals surface area contributed by atoms with Crippen LogP contribution in [0.4, 0.5) is 0 Å². The Bertz CT molecular complexity index is 594. The number of carbonyl (C=O) groups excluding carboxylic acids is 1. The Balaban J connectivity index is 1.68. The summed E-state index contributed by atoms with van der Waals surface area (Å²) in [6, 6.07) is 5.23. The molecule has 0 amide bonds. The van der Waals surface area contributed by atoms with Gasteiger partial charge in [-0.2, -0.15) is 0 Å². The van der Waals surface area contributed by atoms with Crippen molar-refractivity contribution in [2.75, 3.05) is 6.61 Å². The maximum atomic E-state index is 11.8. The van der Waals surface area contributed by atoms with E-state index in [1.807, 2.05) is 0 Å². The van der Waals surface area contributed by atoms with Crippen LogP contribution in [-0.2, 0) is 9.53 Å². The molecule has 1 aliphatic heterocycles. The largest absolute Gasteiger partial charge is 0.426 e. The quantitative estimate of drug-likeness (QED) is 0.623. The number of ether oxygens (including phenoxy) is 2. The molecule has 0 unspecified atom stereocenters. The van der Waals surface area contributed by atoms with Crippen molar-refractivity contribution < 1.29 is 14.3 Å². The zero-order chi connectivity index (χ0) is 13.1. The molecular weight excluding hydrogens is 244 g/mol. The minimum atomic E-state index is -0.268. The van der Waals surface area contributed by atoms with Gasteiger partial charge in [0.1, 0.15) is 5.75 Å². The van der Waals surface area contributed by atoms with Crippen LogP contribution in [0.3, 0.4) is 0 Å². The van der Waals surface area contributed by atoms with E-state index < -0.39 is 0 Å². The lowest BCUT2D eigenvalue weighted by Crippen LogP contribution is -2.17. The van der Waals surface area contributed by atoms with Crippen LogP contribution >= 0.6 is 0 Å². The normalized spacial score (nSPS) is 18.6. The molecule has 1 fully saturated rings. The number of rotatable bonds is 3. The molecule has 98 valence electrons. The average Bonchev–Trinajstić information content (AvgIpc) is 2.91. The maximum Gasteiger partial charge on any atom is 0.313 e. The number of esters is 1. The van der Waals surface area contributed by atoms with Crippen molar-refractivity contribution in [3.8, 4) is 5.75 Å². The van der Waals surface area contributed by atoms with Crippen LogP contribution in [0.1, 0.15) is 19.3 Å². The molecule has 19 heavy (non-hydrogen) atoms. The van der Waals surface area contributed by atoms with Gasteiger partial charge in [0.15, 0.2) is 0 Å². The van der Waals surface area contributed by atoms with Gasteiger partial charge in [0, 0.05) is 25.1 Å². The summed E-state index contributed by atoms with van der Waals surface area (Å²) >= 11 is 0. The number of nitrogens with zero attached hydrogens (tertiary/aromatic N) is 2. The number of carbonyl (C=O) groups is 1. The standard InChI is InChI=1S/C14H14N2O3/c17-14(9-10-2-1-7-18-10)19-11-3-4-12-13(8-11)16-6-5-15-12/h3-6,8,10H,1-2,7,9H2/t10-/m0/s1. The SMILES string of the molecule is O=C(C[C@@H]1CCCO1)Oc1ccc2nccnc2c1. The van der Waals surface area contributed by atoms with E-state index in [4.69, 9.17) is 9.47 Å². The van der Waals surface area contributed by atoms with Gasteiger partial charge in [0.25, 0.3) is 0 Å². The van der Waals surface area contributed by atoms with E-state index in [1.54, 1.807) is 30.6 Å². The first kappa shape index (κ1) is 12.0. The molecule has 2 aromatic rings. The highest BCUT2D eigenvalue weighted by Gasteiger charge is 2.20. The summed E-state index contributed by atoms with van der Waals surface area (Å²) < 4.78 is 10.7. The minimum absolute atomic E-state index is 0.00717. The van der Waals surface area contributed by atoms with Crippen LogP contribution in [-0.4, -0.2) is 28.6 Å². The van der Waals surface area contributed by atoms with Gasteiger partial charge in [0.2, 0.25) is 0 Å². The Kier molecular flexibility index (Phi) is 3.37. The topological polar surface area (TPSA) is 61.3 Å². The second kappa shape index (κ2) is 5.32. The van der Waals surface area contributed by atoms with Gasteiger partial charge in [0.05, 0.1) is 23.6 Å². The fourth-order valence-corrected chi connectivity index (χ4v) is 2.17. The molecule has 0 bridgehead atoms. The molecule has 1 saturated heterocycles. The molecule has 2 heterocycles. The van der Waals surface area contributed by atoms with Crippen LogP contribution in [0.25, 0.3) is 11.0 Å². The summed E-state index contributed by atoms with van der Waals surface area (Å²) in [6.45, 7) is 0.740. The van der Waals surface area contributed by atoms with Crippen LogP contribution in [0.5, 0.6) is 5.75 Å². The van der Waals surface area contributed by atoms with Crippen LogP contribution in [0.2, 0.25) is 0 Å². The van der Waals surface area contributed by atoms with E-state index in [-0.39, 0.29) is 12.1 Å². The van der Waals surface area contributed by atoms with Gasteiger partial charge < -0.3 is 9.47 Å². The highest BCUT2D eigenvalue weighted by atomic mass is 16.5. The smallest absolute Gasteiger partial charge is 0.313 e. The summed E-state index contributed by atoms with van der Waals surface area (Å²) in [5.74, 6) is 0.228. The van der Waals surface area contributed by atoms with Crippen molar-refractivity contribution >= 4 is 17.0 Å². The molecule has 5 nitrogen and oxygen atoms in total. The van der Waals surface area contributed by atoms with Crippen LogP contribution in [0, 0.1) is 0 Å². The fraction of sp³-hybridized carbons (Fsp3) is 0.357. The van der Waals surface area contributed by atoms with E-state index in [0.717, 1.165) is 25.0 Å². The molecule has 1 aromatic heterocycles. The van der Waals surface area contributed by atoms with Crippen molar-refractivity contribution in [3.05, 3.63) is 30.6 Å². The van der Waals surface area contributed by atoms with Gasteiger partial charge >= 0.3 is 5.97 Å². The number of aromatic nitrogens is 2. The maximum absolute atomic E-state index is 11.8. The number of fused-ring (bicyclic) bond motifs is 1. The highest BCUT2D eigenvalue weighted by Crippen LogP contribution is 2.20. The number of hydrogen-bond acceptors (Lipinski definition) is 5. The molecule has 0 spiro atoms. The molecule has 5 heteroatoms. The van der Waals surface area contributed by atoms with Crippen LogP contribution in [0.15, 0.2) is 30.6 Å². The summed E-state index contributed by atoms with van der Waals surface area (Å²) in [5.41, 5.74) is 1.49. The first-order chi connectivity index (χ1) is 9.31. The lowest BCUT2D eigenvalue weighted by Gasteiger charge is -2.09. The van der Waals surface area contributed by atoms with Gasteiger partial charge in [-0.1, -0.05) is 0 Å². The molecule has 0 saturated carbocycles. The minimum Gasteiger partial charge on any atom is -0.426 e. The Labute approximate surface area is 110 Å². The van der Waals surface area contributed by atoms with E-state index in [0.29, 0.717) is 17.7 Å². The van der Waals surface area contributed by atoms with Gasteiger partial charge in [-0.25, -0.2) is 0 Å². The number of hydrogen-bond donors (Lipinski definition) is 0. The first-order valence-electron chi connectivity index (χ1n) is 6.34. The molecular formula is C14H14N2O3. The third-order valence-electron chi connectivity index (χ3n) is 3.09. The monoisotopic (exact) mass is 258 g/mol. The zero-order valence-electron chi connectivity index (χ0n) is 10.4. The molecule has 0 N–H and O–H groups in total. The predicted octanol–water partition coefficient (Wildman–Crippen LogP) is 2.10. The Morgan fingerprint density at radius 3 is 2.95 bits per heavy atom. The summed E-state index contributed by atoms with van der Waals surface area (Å²) in [4.78, 5) is 20.1. The summed E-state index contributed by atoms with van der Waals surface area (Å²) in [7, 11) is 0. The third kappa shape index (κ3) is 2.88. The lowest BCUT2D eigenvalue weighted by molar-refractivity contribution is -0.136. The van der Waals surface area contributed by atoms with E-state index >= 15 is 0 Å². The average molecular weight is 258 g/mol. The molecule has 0 radical (unpaired) electrons. The fourth-order valence-electron chi connectivity index (χ4n) is 2.17. The van der Waals surface area contributed by atoms with E-state index in [2.05, 4.69) is 9.97 Å². The van der Waals surface area contributed by atoms with E-state index in [1.165, 1.54) is 0 Å². The van der Waals surface area contributed by atoms with E-state index in [9.17, 15) is 4.79 Å². The van der Waals surface area contributed by atoms with Crippen molar-refractivity contribution in [1.82, 2.24) is 9.97 Å². The highest BCUT2D eigenvalue weighted by molar-refractivity contribution is 5.78. The summed E-state index contributed by atoms with van der Waals surface area (Å²) in [6.07, 6.45) is 5.50. The third-order valence-corrected chi connectivity index (χ3v) is 3.09. The Hall–Kier alpha value is -2.01. The molecule has 0 aliphatic carbocycles. The van der Waals surface area contributed by atoms with Crippen LogP contribution < -0.4 is 4.74 Å². The molecule has 3 rings (SSSR count). The second-order valence-corrected chi connectivity index (χ2v) is 4.52. The van der Waals surface area contributed by atoms with Crippen molar-refractivity contribution in [2.24, 2.45) is 0 Å². The van der Waals surface area contributed by atoms with Crippen molar-refractivity contribution in [1.29, 1.82) is 0 Å². The Morgan fingerprint density at radius 2 is 2.16 bits per heavy atom. The van der Waals surface area contributed by atoms with Gasteiger partial charge in [-0.3, -0.25) is 14.8 Å². The zero-order valence-corrected chi connectivity index (χ0v) is 10.4. The summed E-state index contributed by atoms with van der Waals surface area (Å²) in [5, 5.41) is 0. The molecule has 1 atom stereocenters. The lowest BCUT2D eigenvalue weighted by atomic mass is 10.2. The number of benzene rings is 1. The Morgan fingerprint density at radius 1 is 1.32 bits per heavy atom. The van der Waals surface area contributed by atoms with Crippen molar-refractivity contribution in [3.63, 3.8) is 0 Å². The second-order valence-electron chi connectivity index (χ2n) is 4.52. The molecule has 1 aliphatic rings. The van der Waals surface area contributed by atoms with Gasteiger partial charge in [-0.15, -0.1) is 0 Å². The predicted molar refractivity (Wildman–Crippen MR) is 68.8 cm³/mol. The van der Waals surface area contributed by atoms with Crippen molar-refractivity contribution in [2.45, 2.75) is 25.4 Å². The molecule has 1 aromatic carbocycles. The first-order valence-corrected chi connectivity index (χ1v) is 6.34. The van der Waals surface area contributed by atoms with Gasteiger partial charge in [-0.05, 0) is 25.0 Å².